The molecule has 1 rings (SSSR count). The molecule has 0 aromatic heterocycles. The van der Waals surface area contributed by atoms with Crippen LogP contribution in [0.25, 0.3) is 0 Å². The number of hydrogen-bond acceptors (Lipinski definition) is 0. The lowest BCUT2D eigenvalue weighted by Gasteiger charge is -2.03. The third kappa shape index (κ3) is 1.68. The number of allylic oxidation sites excluding steroid dienone is 1. The molecule has 10 heavy (non-hydrogen) atoms. The van der Waals surface area contributed by atoms with Gasteiger partial charge in [-0.3, -0.25) is 0 Å². The van der Waals surface area contributed by atoms with Crippen molar-refractivity contribution in [2.45, 2.75) is 5.66 Å². The molecule has 1 unspecified atom stereocenters. The Hall–Kier alpha value is -0.610. The Bertz CT molecular complexity index is 203. The van der Waals surface area contributed by atoms with Crippen LogP contribution in [0.1, 0.15) is 11.2 Å². The van der Waals surface area contributed by atoms with Crippen molar-refractivity contribution in [3.8, 4) is 0 Å². The predicted octanol–water partition coefficient (Wildman–Crippen LogP) is 2.79. The van der Waals surface area contributed by atoms with Crippen LogP contribution < -0.4 is 0 Å². The summed E-state index contributed by atoms with van der Waals surface area (Å²) in [7, 11) is 2.73. The van der Waals surface area contributed by atoms with Gasteiger partial charge in [-0.25, -0.2) is 0 Å². The second kappa shape index (κ2) is 3.53. The predicted molar refractivity (Wildman–Crippen MR) is 49.1 cm³/mol. The second-order valence-electron chi connectivity index (χ2n) is 2.17. The third-order valence-electron chi connectivity index (χ3n) is 1.44. The van der Waals surface area contributed by atoms with E-state index in [0.717, 1.165) is 0 Å². The topological polar surface area (TPSA) is 0 Å². The summed E-state index contributed by atoms with van der Waals surface area (Å²) in [6.45, 7) is 3.72. The first-order chi connectivity index (χ1) is 4.84. The molecule has 52 valence electrons. The molecule has 0 aliphatic carbocycles. The molecule has 0 saturated heterocycles. The molecule has 0 N–H and O–H groups in total. The van der Waals surface area contributed by atoms with Crippen molar-refractivity contribution in [1.29, 1.82) is 0 Å². The van der Waals surface area contributed by atoms with Gasteiger partial charge in [-0.05, 0) is 5.56 Å². The molecule has 0 saturated carbocycles. The average molecular weight is 150 g/mol. The Kier molecular flexibility index (Phi) is 2.65. The summed E-state index contributed by atoms with van der Waals surface area (Å²) in [6.07, 6.45) is 1.92. The van der Waals surface area contributed by atoms with Crippen LogP contribution in [0.5, 0.6) is 0 Å². The Morgan fingerprint density at radius 1 is 1.30 bits per heavy atom. The Morgan fingerprint density at radius 2 is 1.90 bits per heavy atom. The van der Waals surface area contributed by atoms with E-state index in [1.54, 1.807) is 0 Å². The van der Waals surface area contributed by atoms with Crippen LogP contribution in [0.2, 0.25) is 0 Å². The molecular weight excluding hydrogens is 139 g/mol. The van der Waals surface area contributed by atoms with Gasteiger partial charge >= 0.3 is 0 Å². The van der Waals surface area contributed by atoms with Crippen LogP contribution in [-0.4, -0.2) is 0 Å². The lowest BCUT2D eigenvalue weighted by atomic mass is 10.1. The van der Waals surface area contributed by atoms with E-state index in [4.69, 9.17) is 0 Å². The summed E-state index contributed by atoms with van der Waals surface area (Å²) >= 11 is 0. The molecule has 0 nitrogen and oxygen atoms in total. The van der Waals surface area contributed by atoms with Gasteiger partial charge in [0.25, 0.3) is 0 Å². The first-order valence-corrected chi connectivity index (χ1v) is 3.94. The highest BCUT2D eigenvalue weighted by Crippen LogP contribution is 2.22. The van der Waals surface area contributed by atoms with Crippen LogP contribution in [0, 0.1) is 0 Å². The summed E-state index contributed by atoms with van der Waals surface area (Å²) < 4.78 is 0. The molecular formula is C9H11P. The first-order valence-electron chi connectivity index (χ1n) is 3.27. The highest BCUT2D eigenvalue weighted by Gasteiger charge is 1.96. The first kappa shape index (κ1) is 7.50. The highest BCUT2D eigenvalue weighted by molar-refractivity contribution is 7.17. The van der Waals surface area contributed by atoms with Gasteiger partial charge in [-0.2, -0.15) is 0 Å². The van der Waals surface area contributed by atoms with Gasteiger partial charge in [0, 0.05) is 5.66 Å². The monoisotopic (exact) mass is 150 g/mol. The van der Waals surface area contributed by atoms with E-state index in [9.17, 15) is 0 Å². The number of hydrogen-bond donors (Lipinski definition) is 0. The van der Waals surface area contributed by atoms with Gasteiger partial charge in [0.1, 0.15) is 0 Å². The minimum atomic E-state index is 0.390. The molecule has 0 fully saturated rings. The van der Waals surface area contributed by atoms with Gasteiger partial charge in [0.05, 0.1) is 0 Å². The summed E-state index contributed by atoms with van der Waals surface area (Å²) in [5.41, 5.74) is 1.68. The third-order valence-corrected chi connectivity index (χ3v) is 2.10. The van der Waals surface area contributed by atoms with Crippen molar-refractivity contribution in [1.82, 2.24) is 0 Å². The average Bonchev–Trinajstić information content (AvgIpc) is 2.05. The highest BCUT2D eigenvalue weighted by atomic mass is 31.0. The minimum Gasteiger partial charge on any atom is -0.126 e. The van der Waals surface area contributed by atoms with E-state index in [1.807, 2.05) is 24.3 Å². The van der Waals surface area contributed by atoms with Gasteiger partial charge in [-0.1, -0.05) is 36.4 Å². The summed E-state index contributed by atoms with van der Waals surface area (Å²) in [5.74, 6) is 0. The zero-order chi connectivity index (χ0) is 7.40. The quantitative estimate of drug-likeness (QED) is 0.449. The molecule has 0 aliphatic rings. The van der Waals surface area contributed by atoms with E-state index in [0.29, 0.717) is 5.66 Å². The van der Waals surface area contributed by atoms with E-state index in [2.05, 4.69) is 28.0 Å². The van der Waals surface area contributed by atoms with Crippen molar-refractivity contribution in [3.05, 3.63) is 48.6 Å². The van der Waals surface area contributed by atoms with Crippen LogP contribution in [0.15, 0.2) is 43.0 Å². The van der Waals surface area contributed by atoms with Crippen molar-refractivity contribution in [2.24, 2.45) is 0 Å². The van der Waals surface area contributed by atoms with Gasteiger partial charge in [0.15, 0.2) is 0 Å². The number of rotatable bonds is 2. The fourth-order valence-electron chi connectivity index (χ4n) is 0.811. The van der Waals surface area contributed by atoms with Crippen LogP contribution in [-0.2, 0) is 0 Å². The Balaban J connectivity index is 2.84. The lowest BCUT2D eigenvalue weighted by Crippen LogP contribution is -1.81. The minimum absolute atomic E-state index is 0.390. The normalized spacial score (nSPS) is 12.5. The van der Waals surface area contributed by atoms with Gasteiger partial charge in [0.2, 0.25) is 0 Å². The van der Waals surface area contributed by atoms with E-state index in [-0.39, 0.29) is 0 Å². The SMILES string of the molecule is C=C[C@H](P)c1ccccc1. The van der Waals surface area contributed by atoms with E-state index < -0.39 is 0 Å². The summed E-state index contributed by atoms with van der Waals surface area (Å²) in [6, 6.07) is 10.3. The van der Waals surface area contributed by atoms with Crippen LogP contribution >= 0.6 is 9.24 Å². The Labute approximate surface area is 64.2 Å². The van der Waals surface area contributed by atoms with E-state index >= 15 is 0 Å². The molecule has 1 aromatic rings. The standard InChI is InChI=1S/C9H11P/c1-2-9(10)8-6-4-3-5-7-8/h2-7,9H,1,10H2/t9-/m0/s1. The van der Waals surface area contributed by atoms with Crippen molar-refractivity contribution >= 4 is 9.24 Å². The van der Waals surface area contributed by atoms with Gasteiger partial charge in [-0.15, -0.1) is 15.8 Å². The molecule has 0 radical (unpaired) electrons. The summed E-state index contributed by atoms with van der Waals surface area (Å²) in [5, 5.41) is 0. The maximum Gasteiger partial charge on any atom is 0.0161 e. The molecule has 0 heterocycles. The fourth-order valence-corrected chi connectivity index (χ4v) is 1.03. The molecule has 0 amide bonds. The molecule has 1 heteroatoms. The van der Waals surface area contributed by atoms with Crippen molar-refractivity contribution in [3.63, 3.8) is 0 Å². The maximum atomic E-state index is 3.72. The summed E-state index contributed by atoms with van der Waals surface area (Å²) in [4.78, 5) is 0. The smallest absolute Gasteiger partial charge is 0.0161 e. The van der Waals surface area contributed by atoms with Crippen LogP contribution in [0.4, 0.5) is 0 Å². The maximum absolute atomic E-state index is 3.72. The zero-order valence-electron chi connectivity index (χ0n) is 5.83. The molecule has 0 spiro atoms. The zero-order valence-corrected chi connectivity index (χ0v) is 6.98. The molecule has 0 bridgehead atoms. The molecule has 0 aliphatic heterocycles. The number of benzene rings is 1. The molecule has 1 aromatic carbocycles. The largest absolute Gasteiger partial charge is 0.126 e. The van der Waals surface area contributed by atoms with Crippen LogP contribution in [0.3, 0.4) is 0 Å². The fraction of sp³-hybridized carbons (Fsp3) is 0.111. The van der Waals surface area contributed by atoms with Crippen molar-refractivity contribution < 1.29 is 0 Å². The second-order valence-corrected chi connectivity index (χ2v) is 2.89. The van der Waals surface area contributed by atoms with E-state index in [1.165, 1.54) is 5.56 Å². The van der Waals surface area contributed by atoms with Gasteiger partial charge < -0.3 is 0 Å². The lowest BCUT2D eigenvalue weighted by molar-refractivity contribution is 1.24. The van der Waals surface area contributed by atoms with Crippen molar-refractivity contribution in [2.75, 3.05) is 0 Å². The Morgan fingerprint density at radius 3 is 2.40 bits per heavy atom. The molecule has 2 atom stereocenters.